The van der Waals surface area contributed by atoms with Gasteiger partial charge in [0.05, 0.1) is 17.5 Å². The molecular weight excluding hydrogens is 530 g/mol. The van der Waals surface area contributed by atoms with Gasteiger partial charge in [0.2, 0.25) is 15.9 Å². The molecule has 0 unspecified atom stereocenters. The normalized spacial score (nSPS) is 14.5. The summed E-state index contributed by atoms with van der Waals surface area (Å²) in [5, 5.41) is 0. The molecule has 0 radical (unpaired) electrons. The maximum Gasteiger partial charge on any atom is 0.243 e. The highest BCUT2D eigenvalue weighted by Crippen LogP contribution is 2.29. The lowest BCUT2D eigenvalue weighted by atomic mass is 9.96. The SMILES string of the molecule is Cc1ccc(S(=O)(=O)N(CCc2ccccc2)CC(=O)N2CCN(C(c3ccccc3)c3ccccc3)CC2)cc1. The van der Waals surface area contributed by atoms with Crippen molar-refractivity contribution in [1.29, 1.82) is 0 Å². The predicted octanol–water partition coefficient (Wildman–Crippen LogP) is 5.16. The first-order chi connectivity index (χ1) is 19.9. The van der Waals surface area contributed by atoms with Crippen molar-refractivity contribution in [3.63, 3.8) is 0 Å². The minimum Gasteiger partial charge on any atom is -0.339 e. The van der Waals surface area contributed by atoms with Crippen LogP contribution in [0.1, 0.15) is 28.3 Å². The van der Waals surface area contributed by atoms with Gasteiger partial charge >= 0.3 is 0 Å². The monoisotopic (exact) mass is 567 g/mol. The minimum absolute atomic E-state index is 0.0962. The molecule has 0 aromatic heterocycles. The zero-order valence-electron chi connectivity index (χ0n) is 23.5. The Balaban J connectivity index is 1.30. The van der Waals surface area contributed by atoms with Gasteiger partial charge in [0.1, 0.15) is 0 Å². The van der Waals surface area contributed by atoms with Crippen molar-refractivity contribution >= 4 is 15.9 Å². The van der Waals surface area contributed by atoms with Crippen molar-refractivity contribution in [2.45, 2.75) is 24.3 Å². The Morgan fingerprint density at radius 1 is 0.732 bits per heavy atom. The van der Waals surface area contributed by atoms with Crippen molar-refractivity contribution in [1.82, 2.24) is 14.1 Å². The number of hydrogen-bond donors (Lipinski definition) is 0. The molecule has 0 aliphatic carbocycles. The lowest BCUT2D eigenvalue weighted by Crippen LogP contribution is -2.52. The molecule has 0 spiro atoms. The van der Waals surface area contributed by atoms with E-state index >= 15 is 0 Å². The summed E-state index contributed by atoms with van der Waals surface area (Å²) in [6.07, 6.45) is 0.531. The summed E-state index contributed by atoms with van der Waals surface area (Å²) >= 11 is 0. The van der Waals surface area contributed by atoms with Gasteiger partial charge in [-0.05, 0) is 42.2 Å². The summed E-state index contributed by atoms with van der Waals surface area (Å²) in [6.45, 7) is 4.48. The van der Waals surface area contributed by atoms with Gasteiger partial charge in [0.15, 0.2) is 0 Å². The van der Waals surface area contributed by atoms with Crippen molar-refractivity contribution in [3.8, 4) is 0 Å². The van der Waals surface area contributed by atoms with Crippen LogP contribution in [0.2, 0.25) is 0 Å². The van der Waals surface area contributed by atoms with E-state index in [4.69, 9.17) is 0 Å². The molecule has 6 nitrogen and oxygen atoms in total. The van der Waals surface area contributed by atoms with Gasteiger partial charge in [-0.3, -0.25) is 9.69 Å². The Morgan fingerprint density at radius 2 is 1.24 bits per heavy atom. The first-order valence-electron chi connectivity index (χ1n) is 14.1. The van der Waals surface area contributed by atoms with Gasteiger partial charge in [0, 0.05) is 32.7 Å². The number of amides is 1. The lowest BCUT2D eigenvalue weighted by Gasteiger charge is -2.40. The van der Waals surface area contributed by atoms with Crippen LogP contribution in [-0.4, -0.2) is 67.7 Å². The van der Waals surface area contributed by atoms with Gasteiger partial charge < -0.3 is 4.90 Å². The van der Waals surface area contributed by atoms with Crippen LogP contribution in [-0.2, 0) is 21.2 Å². The molecule has 7 heteroatoms. The molecule has 1 aliphatic heterocycles. The number of benzene rings is 4. The first kappa shape index (κ1) is 28.7. The Bertz CT molecular complexity index is 1460. The van der Waals surface area contributed by atoms with E-state index in [9.17, 15) is 13.2 Å². The molecule has 0 atom stereocenters. The number of carbonyl (C=O) groups excluding carboxylic acids is 1. The summed E-state index contributed by atoms with van der Waals surface area (Å²) in [5.41, 5.74) is 4.45. The molecule has 4 aromatic rings. The zero-order valence-corrected chi connectivity index (χ0v) is 24.3. The van der Waals surface area contributed by atoms with Gasteiger partial charge in [-0.15, -0.1) is 0 Å². The fourth-order valence-corrected chi connectivity index (χ4v) is 6.80. The quantitative estimate of drug-likeness (QED) is 0.266. The molecule has 0 saturated carbocycles. The van der Waals surface area contributed by atoms with E-state index in [1.807, 2.05) is 54.3 Å². The number of rotatable bonds is 10. The van der Waals surface area contributed by atoms with E-state index in [1.54, 1.807) is 24.3 Å². The summed E-state index contributed by atoms with van der Waals surface area (Å²) in [6, 6.07) is 37.6. The molecule has 41 heavy (non-hydrogen) atoms. The van der Waals surface area contributed by atoms with Crippen LogP contribution in [0.3, 0.4) is 0 Å². The van der Waals surface area contributed by atoms with Crippen molar-refractivity contribution in [2.75, 3.05) is 39.3 Å². The Labute approximate surface area is 243 Å². The highest BCUT2D eigenvalue weighted by Gasteiger charge is 2.32. The molecule has 212 valence electrons. The second-order valence-corrected chi connectivity index (χ2v) is 12.5. The van der Waals surface area contributed by atoms with Crippen LogP contribution in [0.4, 0.5) is 0 Å². The summed E-state index contributed by atoms with van der Waals surface area (Å²) < 4.78 is 28.7. The number of sulfonamides is 1. The fraction of sp³-hybridized carbons (Fsp3) is 0.265. The van der Waals surface area contributed by atoms with Crippen LogP contribution >= 0.6 is 0 Å². The first-order valence-corrected chi connectivity index (χ1v) is 15.6. The van der Waals surface area contributed by atoms with Crippen molar-refractivity contribution in [3.05, 3.63) is 138 Å². The van der Waals surface area contributed by atoms with Crippen molar-refractivity contribution < 1.29 is 13.2 Å². The standard InChI is InChI=1S/C34H37N3O3S/c1-28-17-19-32(20-18-28)41(39,40)37(22-21-29-11-5-2-6-12-29)27-33(38)35-23-25-36(26-24-35)34(30-13-7-3-8-14-30)31-15-9-4-10-16-31/h2-20,34H,21-27H2,1H3. The average molecular weight is 568 g/mol. The molecule has 1 fully saturated rings. The van der Waals surface area contributed by atoms with Crippen LogP contribution in [0, 0.1) is 6.92 Å². The Morgan fingerprint density at radius 3 is 1.78 bits per heavy atom. The van der Waals surface area contributed by atoms with Crippen LogP contribution in [0.25, 0.3) is 0 Å². The maximum atomic E-state index is 13.7. The Kier molecular flexibility index (Phi) is 9.29. The van der Waals surface area contributed by atoms with E-state index in [0.717, 1.165) is 11.1 Å². The fourth-order valence-electron chi connectivity index (χ4n) is 5.41. The van der Waals surface area contributed by atoms with Gasteiger partial charge in [0.25, 0.3) is 0 Å². The largest absolute Gasteiger partial charge is 0.339 e. The summed E-state index contributed by atoms with van der Waals surface area (Å²) in [7, 11) is -3.84. The minimum atomic E-state index is -3.84. The molecule has 0 bridgehead atoms. The lowest BCUT2D eigenvalue weighted by molar-refractivity contribution is -0.133. The topological polar surface area (TPSA) is 60.9 Å². The number of aryl methyl sites for hydroxylation is 1. The smallest absolute Gasteiger partial charge is 0.243 e. The third-order valence-corrected chi connectivity index (χ3v) is 9.59. The summed E-state index contributed by atoms with van der Waals surface area (Å²) in [4.78, 5) is 18.0. The average Bonchev–Trinajstić information content (AvgIpc) is 3.01. The molecule has 1 aliphatic rings. The second-order valence-electron chi connectivity index (χ2n) is 10.5. The van der Waals surface area contributed by atoms with E-state index < -0.39 is 10.0 Å². The number of carbonyl (C=O) groups is 1. The van der Waals surface area contributed by atoms with Gasteiger partial charge in [-0.25, -0.2) is 8.42 Å². The number of hydrogen-bond acceptors (Lipinski definition) is 4. The maximum absolute atomic E-state index is 13.7. The van der Waals surface area contributed by atoms with Crippen LogP contribution in [0.15, 0.2) is 120 Å². The van der Waals surface area contributed by atoms with Crippen LogP contribution in [0.5, 0.6) is 0 Å². The van der Waals surface area contributed by atoms with E-state index in [-0.39, 0.29) is 29.9 Å². The van der Waals surface area contributed by atoms with Crippen molar-refractivity contribution in [2.24, 2.45) is 0 Å². The second kappa shape index (κ2) is 13.3. The Hall–Kier alpha value is -3.78. The number of nitrogens with zero attached hydrogens (tertiary/aromatic N) is 3. The van der Waals surface area contributed by atoms with Gasteiger partial charge in [-0.1, -0.05) is 109 Å². The van der Waals surface area contributed by atoms with Crippen LogP contribution < -0.4 is 0 Å². The highest BCUT2D eigenvalue weighted by molar-refractivity contribution is 7.89. The predicted molar refractivity (Wildman–Crippen MR) is 163 cm³/mol. The third-order valence-electron chi connectivity index (χ3n) is 7.73. The summed E-state index contributed by atoms with van der Waals surface area (Å²) in [5.74, 6) is -0.163. The van der Waals surface area contributed by atoms with E-state index in [2.05, 4.69) is 53.4 Å². The molecule has 5 rings (SSSR count). The molecule has 4 aromatic carbocycles. The third kappa shape index (κ3) is 7.11. The van der Waals surface area contributed by atoms with Gasteiger partial charge in [-0.2, -0.15) is 4.31 Å². The molecule has 1 amide bonds. The zero-order chi connectivity index (χ0) is 28.7. The molecular formula is C34H37N3O3S. The van der Waals surface area contributed by atoms with E-state index in [1.165, 1.54) is 15.4 Å². The molecule has 1 saturated heterocycles. The highest BCUT2D eigenvalue weighted by atomic mass is 32.2. The molecule has 0 N–H and O–H groups in total. The number of piperazine rings is 1. The molecule has 1 heterocycles. The van der Waals surface area contributed by atoms with E-state index in [0.29, 0.717) is 32.6 Å².